The molecule has 0 saturated heterocycles. The fourth-order valence-electron chi connectivity index (χ4n) is 2.22. The number of pyridine rings is 1. The lowest BCUT2D eigenvalue weighted by Gasteiger charge is -2.07. The summed E-state index contributed by atoms with van der Waals surface area (Å²) in [5.41, 5.74) is 10.3. The van der Waals surface area contributed by atoms with E-state index in [1.54, 1.807) is 0 Å². The summed E-state index contributed by atoms with van der Waals surface area (Å²) in [6, 6.07) is 12.3. The minimum atomic E-state index is -0.0788. The molecule has 4 heteroatoms. The van der Waals surface area contributed by atoms with Gasteiger partial charge in [-0.1, -0.05) is 30.3 Å². The van der Waals surface area contributed by atoms with Crippen LogP contribution in [-0.4, -0.2) is 15.7 Å². The Balaban J connectivity index is 2.14. The summed E-state index contributed by atoms with van der Waals surface area (Å²) in [6.07, 6.45) is 3.80. The standard InChI is InChI=1S/C15H15N3S/c16-14(9-19)13-8-18-15-12(13)6-11(7-17-15)10-4-2-1-3-5-10/h1-8,14,19H,9,16H2,(H,17,18). The van der Waals surface area contributed by atoms with Gasteiger partial charge < -0.3 is 10.7 Å². The largest absolute Gasteiger partial charge is 0.346 e. The number of nitrogens with zero attached hydrogens (tertiary/aromatic N) is 1. The van der Waals surface area contributed by atoms with Crippen LogP contribution < -0.4 is 5.73 Å². The van der Waals surface area contributed by atoms with E-state index in [0.29, 0.717) is 5.75 Å². The van der Waals surface area contributed by atoms with Crippen molar-refractivity contribution in [1.29, 1.82) is 0 Å². The van der Waals surface area contributed by atoms with E-state index in [1.807, 2.05) is 30.6 Å². The summed E-state index contributed by atoms with van der Waals surface area (Å²) in [5.74, 6) is 0.614. The van der Waals surface area contributed by atoms with Crippen molar-refractivity contribution in [3.8, 4) is 11.1 Å². The lowest BCUT2D eigenvalue weighted by molar-refractivity contribution is 0.842. The van der Waals surface area contributed by atoms with Gasteiger partial charge in [-0.05, 0) is 17.2 Å². The monoisotopic (exact) mass is 269 g/mol. The maximum absolute atomic E-state index is 6.07. The van der Waals surface area contributed by atoms with E-state index in [1.165, 1.54) is 0 Å². The molecule has 0 amide bonds. The third kappa shape index (κ3) is 2.25. The number of fused-ring (bicyclic) bond motifs is 1. The normalized spacial score (nSPS) is 12.7. The molecule has 96 valence electrons. The van der Waals surface area contributed by atoms with Crippen LogP contribution in [0.25, 0.3) is 22.2 Å². The first-order valence-corrected chi connectivity index (χ1v) is 6.81. The van der Waals surface area contributed by atoms with Gasteiger partial charge in [-0.15, -0.1) is 0 Å². The fourth-order valence-corrected chi connectivity index (χ4v) is 2.41. The summed E-state index contributed by atoms with van der Waals surface area (Å²) in [7, 11) is 0. The van der Waals surface area contributed by atoms with Crippen LogP contribution in [0.3, 0.4) is 0 Å². The molecule has 1 unspecified atom stereocenters. The predicted octanol–water partition coefficient (Wildman–Crippen LogP) is 3.16. The molecular formula is C15H15N3S. The third-order valence-electron chi connectivity index (χ3n) is 3.27. The van der Waals surface area contributed by atoms with Gasteiger partial charge in [-0.2, -0.15) is 12.6 Å². The van der Waals surface area contributed by atoms with Crippen molar-refractivity contribution in [1.82, 2.24) is 9.97 Å². The van der Waals surface area contributed by atoms with Crippen LogP contribution >= 0.6 is 12.6 Å². The molecule has 0 radical (unpaired) electrons. The Morgan fingerprint density at radius 3 is 2.74 bits per heavy atom. The second kappa shape index (κ2) is 5.07. The zero-order valence-corrected chi connectivity index (χ0v) is 11.3. The zero-order chi connectivity index (χ0) is 13.2. The SMILES string of the molecule is NC(CS)c1c[nH]c2ncc(-c3ccccc3)cc12. The summed E-state index contributed by atoms with van der Waals surface area (Å²) in [5, 5.41) is 1.07. The number of aromatic nitrogens is 2. The highest BCUT2D eigenvalue weighted by Gasteiger charge is 2.12. The van der Waals surface area contributed by atoms with Crippen molar-refractivity contribution < 1.29 is 0 Å². The van der Waals surface area contributed by atoms with Crippen molar-refractivity contribution >= 4 is 23.7 Å². The third-order valence-corrected chi connectivity index (χ3v) is 3.66. The first kappa shape index (κ1) is 12.3. The second-order valence-corrected chi connectivity index (χ2v) is 4.88. The molecule has 0 aliphatic heterocycles. The molecule has 0 saturated carbocycles. The topological polar surface area (TPSA) is 54.7 Å². The average Bonchev–Trinajstić information content (AvgIpc) is 2.90. The summed E-state index contributed by atoms with van der Waals surface area (Å²) < 4.78 is 0. The highest BCUT2D eigenvalue weighted by Crippen LogP contribution is 2.27. The Hall–Kier alpha value is -1.78. The highest BCUT2D eigenvalue weighted by molar-refractivity contribution is 7.80. The van der Waals surface area contributed by atoms with Crippen LogP contribution in [0.1, 0.15) is 11.6 Å². The lowest BCUT2D eigenvalue weighted by Crippen LogP contribution is -2.10. The highest BCUT2D eigenvalue weighted by atomic mass is 32.1. The predicted molar refractivity (Wildman–Crippen MR) is 82.3 cm³/mol. The van der Waals surface area contributed by atoms with Gasteiger partial charge in [0.15, 0.2) is 0 Å². The summed E-state index contributed by atoms with van der Waals surface area (Å²) >= 11 is 4.26. The molecule has 3 nitrogen and oxygen atoms in total. The van der Waals surface area contributed by atoms with E-state index in [-0.39, 0.29) is 6.04 Å². The van der Waals surface area contributed by atoms with Gasteiger partial charge in [0.1, 0.15) is 5.65 Å². The Morgan fingerprint density at radius 1 is 1.21 bits per heavy atom. The number of aromatic amines is 1. The van der Waals surface area contributed by atoms with Gasteiger partial charge in [0.05, 0.1) is 0 Å². The van der Waals surface area contributed by atoms with E-state index in [4.69, 9.17) is 5.73 Å². The molecule has 3 N–H and O–H groups in total. The zero-order valence-electron chi connectivity index (χ0n) is 10.4. The molecule has 2 aromatic heterocycles. The molecular weight excluding hydrogens is 254 g/mol. The maximum atomic E-state index is 6.07. The molecule has 3 aromatic rings. The Morgan fingerprint density at radius 2 is 2.00 bits per heavy atom. The van der Waals surface area contributed by atoms with Gasteiger partial charge in [0, 0.05) is 35.1 Å². The first-order chi connectivity index (χ1) is 9.29. The second-order valence-electron chi connectivity index (χ2n) is 4.52. The lowest BCUT2D eigenvalue weighted by atomic mass is 10.0. The van der Waals surface area contributed by atoms with Crippen molar-refractivity contribution in [2.75, 3.05) is 5.75 Å². The van der Waals surface area contributed by atoms with Crippen LogP contribution in [0, 0.1) is 0 Å². The van der Waals surface area contributed by atoms with E-state index in [0.717, 1.165) is 27.7 Å². The van der Waals surface area contributed by atoms with Gasteiger partial charge in [-0.25, -0.2) is 4.98 Å². The Bertz CT molecular complexity index is 691. The van der Waals surface area contributed by atoms with Crippen LogP contribution in [-0.2, 0) is 0 Å². The molecule has 0 fully saturated rings. The molecule has 0 spiro atoms. The molecule has 0 aliphatic carbocycles. The smallest absolute Gasteiger partial charge is 0.137 e. The van der Waals surface area contributed by atoms with E-state index in [2.05, 4.69) is 40.8 Å². The maximum Gasteiger partial charge on any atom is 0.137 e. The Labute approximate surface area is 117 Å². The number of hydrogen-bond acceptors (Lipinski definition) is 3. The number of thiol groups is 1. The van der Waals surface area contributed by atoms with Gasteiger partial charge >= 0.3 is 0 Å². The number of benzene rings is 1. The molecule has 2 heterocycles. The van der Waals surface area contributed by atoms with Crippen LogP contribution in [0.4, 0.5) is 0 Å². The van der Waals surface area contributed by atoms with Gasteiger partial charge in [-0.3, -0.25) is 0 Å². The van der Waals surface area contributed by atoms with E-state index in [9.17, 15) is 0 Å². The number of H-pyrrole nitrogens is 1. The molecule has 1 atom stereocenters. The molecule has 0 bridgehead atoms. The van der Waals surface area contributed by atoms with Crippen LogP contribution in [0.5, 0.6) is 0 Å². The van der Waals surface area contributed by atoms with Crippen LogP contribution in [0.15, 0.2) is 48.8 Å². The van der Waals surface area contributed by atoms with Crippen LogP contribution in [0.2, 0.25) is 0 Å². The number of rotatable bonds is 3. The average molecular weight is 269 g/mol. The van der Waals surface area contributed by atoms with E-state index >= 15 is 0 Å². The molecule has 1 aromatic carbocycles. The number of nitrogens with one attached hydrogen (secondary N) is 1. The van der Waals surface area contributed by atoms with Gasteiger partial charge in [0.2, 0.25) is 0 Å². The molecule has 0 aliphatic rings. The van der Waals surface area contributed by atoms with Gasteiger partial charge in [0.25, 0.3) is 0 Å². The first-order valence-electron chi connectivity index (χ1n) is 6.18. The summed E-state index contributed by atoms with van der Waals surface area (Å²) in [6.45, 7) is 0. The number of nitrogens with two attached hydrogens (primary N) is 1. The minimum Gasteiger partial charge on any atom is -0.346 e. The fraction of sp³-hybridized carbons (Fsp3) is 0.133. The number of hydrogen-bond donors (Lipinski definition) is 3. The van der Waals surface area contributed by atoms with Crippen molar-refractivity contribution in [2.24, 2.45) is 5.73 Å². The molecule has 19 heavy (non-hydrogen) atoms. The van der Waals surface area contributed by atoms with Crippen molar-refractivity contribution in [3.05, 3.63) is 54.4 Å². The summed E-state index contributed by atoms with van der Waals surface area (Å²) in [4.78, 5) is 7.62. The minimum absolute atomic E-state index is 0.0788. The Kier molecular flexibility index (Phi) is 3.27. The van der Waals surface area contributed by atoms with Crippen molar-refractivity contribution in [3.63, 3.8) is 0 Å². The van der Waals surface area contributed by atoms with Crippen molar-refractivity contribution in [2.45, 2.75) is 6.04 Å². The molecule has 3 rings (SSSR count). The van der Waals surface area contributed by atoms with E-state index < -0.39 is 0 Å². The quantitative estimate of drug-likeness (QED) is 0.640.